The number of carboxylic acid groups (broad SMARTS) is 2. The molecular formula is C16H20O4. The van der Waals surface area contributed by atoms with Gasteiger partial charge in [0.15, 0.2) is 0 Å². The predicted octanol–water partition coefficient (Wildman–Crippen LogP) is 3.80. The van der Waals surface area contributed by atoms with Crippen molar-refractivity contribution in [1.82, 2.24) is 0 Å². The SMILES string of the molecule is CCC(=O)O.CCC(=O)O.c1ccc2ccccc2c1. The zero-order valence-electron chi connectivity index (χ0n) is 11.7. The van der Waals surface area contributed by atoms with Crippen molar-refractivity contribution in [3.05, 3.63) is 48.5 Å². The largest absolute Gasteiger partial charge is 0.481 e. The standard InChI is InChI=1S/C10H8.2C3H6O2/c1-2-6-10-8-4-3-7-9(10)5-1;2*1-2-3(4)5/h1-8H;2*2H2,1H3,(H,4,5). The van der Waals surface area contributed by atoms with Gasteiger partial charge in [0.2, 0.25) is 0 Å². The zero-order chi connectivity index (χ0) is 15.4. The van der Waals surface area contributed by atoms with Crippen molar-refractivity contribution in [2.75, 3.05) is 0 Å². The lowest BCUT2D eigenvalue weighted by Crippen LogP contribution is -1.86. The van der Waals surface area contributed by atoms with E-state index in [1.54, 1.807) is 13.8 Å². The van der Waals surface area contributed by atoms with Gasteiger partial charge in [-0.1, -0.05) is 62.4 Å². The van der Waals surface area contributed by atoms with Gasteiger partial charge in [-0.2, -0.15) is 0 Å². The lowest BCUT2D eigenvalue weighted by molar-refractivity contribution is -0.137. The van der Waals surface area contributed by atoms with Crippen LogP contribution in [0.15, 0.2) is 48.5 Å². The smallest absolute Gasteiger partial charge is 0.303 e. The Hall–Kier alpha value is -2.36. The molecule has 0 unspecified atom stereocenters. The van der Waals surface area contributed by atoms with Gasteiger partial charge in [0, 0.05) is 12.8 Å². The summed E-state index contributed by atoms with van der Waals surface area (Å²) in [6.07, 6.45) is 0.444. The number of fused-ring (bicyclic) bond motifs is 1. The summed E-state index contributed by atoms with van der Waals surface area (Å²) in [6, 6.07) is 16.7. The van der Waals surface area contributed by atoms with E-state index in [2.05, 4.69) is 48.5 Å². The summed E-state index contributed by atoms with van der Waals surface area (Å²) in [5.74, 6) is -1.49. The molecule has 0 radical (unpaired) electrons. The molecular weight excluding hydrogens is 256 g/mol. The third-order valence-electron chi connectivity index (χ3n) is 2.26. The van der Waals surface area contributed by atoms with Crippen LogP contribution in [-0.4, -0.2) is 22.2 Å². The predicted molar refractivity (Wildman–Crippen MR) is 79.8 cm³/mol. The molecule has 0 aliphatic rings. The molecule has 0 aliphatic heterocycles. The summed E-state index contributed by atoms with van der Waals surface area (Å²) in [6.45, 7) is 3.20. The van der Waals surface area contributed by atoms with Crippen LogP contribution in [0, 0.1) is 0 Å². The molecule has 0 atom stereocenters. The zero-order valence-corrected chi connectivity index (χ0v) is 11.7. The molecule has 0 saturated carbocycles. The Kier molecular flexibility index (Phi) is 9.31. The molecule has 0 heterocycles. The average Bonchev–Trinajstić information content (AvgIpc) is 2.48. The minimum Gasteiger partial charge on any atom is -0.481 e. The second kappa shape index (κ2) is 10.6. The van der Waals surface area contributed by atoms with Gasteiger partial charge >= 0.3 is 11.9 Å². The molecule has 0 aliphatic carbocycles. The van der Waals surface area contributed by atoms with Crippen LogP contribution in [0.2, 0.25) is 0 Å². The Balaban J connectivity index is 0.000000310. The molecule has 0 aromatic heterocycles. The number of carboxylic acids is 2. The van der Waals surface area contributed by atoms with Crippen LogP contribution in [0.25, 0.3) is 10.8 Å². The fraction of sp³-hybridized carbons (Fsp3) is 0.250. The molecule has 2 N–H and O–H groups in total. The molecule has 0 bridgehead atoms. The lowest BCUT2D eigenvalue weighted by atomic mass is 10.1. The van der Waals surface area contributed by atoms with E-state index in [-0.39, 0.29) is 12.8 Å². The Morgan fingerprint density at radius 1 is 0.750 bits per heavy atom. The quantitative estimate of drug-likeness (QED) is 0.874. The van der Waals surface area contributed by atoms with E-state index in [9.17, 15) is 9.59 Å². The molecule has 0 spiro atoms. The normalized spacial score (nSPS) is 8.70. The summed E-state index contributed by atoms with van der Waals surface area (Å²) in [5, 5.41) is 18.1. The first-order valence-corrected chi connectivity index (χ1v) is 6.38. The van der Waals surface area contributed by atoms with Gasteiger partial charge in [-0.15, -0.1) is 0 Å². The number of aliphatic carboxylic acids is 2. The maximum Gasteiger partial charge on any atom is 0.303 e. The number of rotatable bonds is 2. The lowest BCUT2D eigenvalue weighted by Gasteiger charge is -1.92. The number of hydrogen-bond donors (Lipinski definition) is 2. The van der Waals surface area contributed by atoms with E-state index in [0.717, 1.165) is 0 Å². The summed E-state index contributed by atoms with van der Waals surface area (Å²) >= 11 is 0. The van der Waals surface area contributed by atoms with Gasteiger partial charge in [-0.3, -0.25) is 9.59 Å². The van der Waals surface area contributed by atoms with Crippen LogP contribution in [0.1, 0.15) is 26.7 Å². The topological polar surface area (TPSA) is 74.6 Å². The van der Waals surface area contributed by atoms with Crippen molar-refractivity contribution < 1.29 is 19.8 Å². The maximum atomic E-state index is 9.37. The van der Waals surface area contributed by atoms with Crippen LogP contribution < -0.4 is 0 Å². The first-order valence-electron chi connectivity index (χ1n) is 6.38. The molecule has 4 nitrogen and oxygen atoms in total. The van der Waals surface area contributed by atoms with Gasteiger partial charge in [0.25, 0.3) is 0 Å². The highest BCUT2D eigenvalue weighted by molar-refractivity contribution is 5.82. The second-order valence-corrected chi connectivity index (χ2v) is 3.84. The average molecular weight is 276 g/mol. The maximum absolute atomic E-state index is 9.37. The van der Waals surface area contributed by atoms with E-state index in [0.29, 0.717) is 0 Å². The van der Waals surface area contributed by atoms with E-state index in [4.69, 9.17) is 10.2 Å². The van der Waals surface area contributed by atoms with Crippen molar-refractivity contribution in [2.45, 2.75) is 26.7 Å². The Morgan fingerprint density at radius 3 is 1.10 bits per heavy atom. The van der Waals surface area contributed by atoms with Crippen LogP contribution in [0.4, 0.5) is 0 Å². The molecule has 2 aromatic rings. The third kappa shape index (κ3) is 8.69. The Labute approximate surface area is 118 Å². The van der Waals surface area contributed by atoms with Gasteiger partial charge in [0.05, 0.1) is 0 Å². The van der Waals surface area contributed by atoms with Crippen molar-refractivity contribution in [3.63, 3.8) is 0 Å². The van der Waals surface area contributed by atoms with Crippen molar-refractivity contribution >= 4 is 22.7 Å². The van der Waals surface area contributed by atoms with Crippen molar-refractivity contribution in [2.24, 2.45) is 0 Å². The third-order valence-corrected chi connectivity index (χ3v) is 2.26. The number of carbonyl (C=O) groups is 2. The first kappa shape index (κ1) is 17.6. The summed E-state index contributed by atoms with van der Waals surface area (Å²) < 4.78 is 0. The van der Waals surface area contributed by atoms with E-state index in [1.807, 2.05) is 0 Å². The molecule has 20 heavy (non-hydrogen) atoms. The fourth-order valence-electron chi connectivity index (χ4n) is 1.13. The Bertz CT molecular complexity index is 455. The monoisotopic (exact) mass is 276 g/mol. The van der Waals surface area contributed by atoms with Crippen LogP contribution in [-0.2, 0) is 9.59 Å². The minimum atomic E-state index is -0.745. The van der Waals surface area contributed by atoms with Crippen LogP contribution >= 0.6 is 0 Å². The van der Waals surface area contributed by atoms with Crippen molar-refractivity contribution in [3.8, 4) is 0 Å². The summed E-state index contributed by atoms with van der Waals surface area (Å²) in [4.78, 5) is 18.7. The molecule has 0 saturated heterocycles. The second-order valence-electron chi connectivity index (χ2n) is 3.84. The molecule has 2 rings (SSSR count). The molecule has 0 amide bonds. The summed E-state index contributed by atoms with van der Waals surface area (Å²) in [5.41, 5.74) is 0. The van der Waals surface area contributed by atoms with Crippen LogP contribution in [0.5, 0.6) is 0 Å². The van der Waals surface area contributed by atoms with Gasteiger partial charge in [-0.25, -0.2) is 0 Å². The number of benzene rings is 2. The van der Waals surface area contributed by atoms with Gasteiger partial charge < -0.3 is 10.2 Å². The highest BCUT2D eigenvalue weighted by Crippen LogP contribution is 2.11. The highest BCUT2D eigenvalue weighted by Gasteiger charge is 1.85. The number of hydrogen-bond acceptors (Lipinski definition) is 2. The van der Waals surface area contributed by atoms with Crippen LogP contribution in [0.3, 0.4) is 0 Å². The van der Waals surface area contributed by atoms with E-state index in [1.165, 1.54) is 10.8 Å². The van der Waals surface area contributed by atoms with Gasteiger partial charge in [0.1, 0.15) is 0 Å². The van der Waals surface area contributed by atoms with E-state index < -0.39 is 11.9 Å². The van der Waals surface area contributed by atoms with Crippen molar-refractivity contribution in [1.29, 1.82) is 0 Å². The fourth-order valence-corrected chi connectivity index (χ4v) is 1.13. The highest BCUT2D eigenvalue weighted by atomic mass is 16.4. The van der Waals surface area contributed by atoms with E-state index >= 15 is 0 Å². The molecule has 4 heteroatoms. The van der Waals surface area contributed by atoms with Gasteiger partial charge in [-0.05, 0) is 10.8 Å². The molecule has 0 fully saturated rings. The first-order chi connectivity index (χ1) is 9.51. The molecule has 2 aromatic carbocycles. The molecule has 108 valence electrons. The Morgan fingerprint density at radius 2 is 0.950 bits per heavy atom. The minimum absolute atomic E-state index is 0.222. The summed E-state index contributed by atoms with van der Waals surface area (Å²) in [7, 11) is 0.